The van der Waals surface area contributed by atoms with E-state index in [0.717, 1.165) is 49.2 Å². The molecular formula is C28H34N6O4. The molecule has 10 nitrogen and oxygen atoms in total. The van der Waals surface area contributed by atoms with E-state index in [1.807, 2.05) is 38.2 Å². The molecule has 0 aliphatic heterocycles. The lowest BCUT2D eigenvalue weighted by Crippen LogP contribution is -2.19. The molecule has 3 aromatic rings. The van der Waals surface area contributed by atoms with Crippen molar-refractivity contribution in [1.29, 1.82) is 0 Å². The van der Waals surface area contributed by atoms with E-state index in [0.29, 0.717) is 29.7 Å². The molecule has 0 saturated heterocycles. The summed E-state index contributed by atoms with van der Waals surface area (Å²) < 4.78 is 5.97. The van der Waals surface area contributed by atoms with Gasteiger partial charge in [0.05, 0.1) is 0 Å². The molecule has 1 heterocycles. The lowest BCUT2D eigenvalue weighted by atomic mass is 10.1. The third-order valence-electron chi connectivity index (χ3n) is 5.76. The van der Waals surface area contributed by atoms with Crippen molar-refractivity contribution < 1.29 is 19.5 Å². The first-order chi connectivity index (χ1) is 18.4. The van der Waals surface area contributed by atoms with Crippen LogP contribution >= 0.6 is 0 Å². The smallest absolute Gasteiger partial charge is 0.247 e. The number of nitrogens with one attached hydrogen (secondary N) is 3. The highest BCUT2D eigenvalue weighted by atomic mass is 16.5. The Morgan fingerprint density at radius 3 is 2.58 bits per heavy atom. The van der Waals surface area contributed by atoms with Gasteiger partial charge in [-0.1, -0.05) is 25.5 Å². The van der Waals surface area contributed by atoms with E-state index in [1.165, 1.54) is 6.08 Å². The van der Waals surface area contributed by atoms with Gasteiger partial charge in [0.2, 0.25) is 23.6 Å². The van der Waals surface area contributed by atoms with Gasteiger partial charge < -0.3 is 20.3 Å². The van der Waals surface area contributed by atoms with Gasteiger partial charge in [-0.3, -0.25) is 14.8 Å². The molecule has 0 atom stereocenters. The largest absolute Gasteiger partial charge is 0.438 e. The number of benzene rings is 2. The van der Waals surface area contributed by atoms with E-state index in [2.05, 4.69) is 32.1 Å². The predicted octanol–water partition coefficient (Wildman–Crippen LogP) is 5.34. The Morgan fingerprint density at radius 1 is 1.08 bits per heavy atom. The van der Waals surface area contributed by atoms with Crippen LogP contribution in [-0.4, -0.2) is 40.6 Å². The minimum Gasteiger partial charge on any atom is -0.438 e. The number of carbonyl (C=O) groups excluding carboxylic acids is 2. The summed E-state index contributed by atoms with van der Waals surface area (Å²) in [6.07, 6.45) is 6.99. The highest BCUT2D eigenvalue weighted by Crippen LogP contribution is 2.27. The lowest BCUT2D eigenvalue weighted by Gasteiger charge is -2.19. The fraction of sp³-hybridized carbons (Fsp3) is 0.286. The number of amides is 2. The number of hydrogen-bond donors (Lipinski definition) is 4. The fourth-order valence-electron chi connectivity index (χ4n) is 3.63. The lowest BCUT2D eigenvalue weighted by molar-refractivity contribution is -0.129. The molecule has 2 aromatic carbocycles. The number of ether oxygens (including phenoxy) is 1. The number of rotatable bonds is 14. The normalized spacial score (nSPS) is 10.4. The van der Waals surface area contributed by atoms with Gasteiger partial charge in [-0.05, 0) is 62.2 Å². The van der Waals surface area contributed by atoms with Crippen molar-refractivity contribution in [1.82, 2.24) is 15.4 Å². The number of nitrogens with zero attached hydrogens (tertiary/aromatic N) is 3. The third kappa shape index (κ3) is 8.90. The molecule has 38 heavy (non-hydrogen) atoms. The van der Waals surface area contributed by atoms with Gasteiger partial charge in [-0.15, -0.1) is 0 Å². The van der Waals surface area contributed by atoms with Crippen LogP contribution in [0.25, 0.3) is 0 Å². The number of aromatic nitrogens is 2. The quantitative estimate of drug-likeness (QED) is 0.0975. The molecule has 4 N–H and O–H groups in total. The van der Waals surface area contributed by atoms with Crippen molar-refractivity contribution in [2.45, 2.75) is 39.0 Å². The van der Waals surface area contributed by atoms with Crippen molar-refractivity contribution in [2.75, 3.05) is 29.1 Å². The molecular weight excluding hydrogens is 484 g/mol. The first-order valence-electron chi connectivity index (χ1n) is 12.4. The Hall–Kier alpha value is -4.44. The van der Waals surface area contributed by atoms with Crippen LogP contribution in [-0.2, 0) is 9.59 Å². The van der Waals surface area contributed by atoms with Gasteiger partial charge in [0.25, 0.3) is 0 Å². The van der Waals surface area contributed by atoms with Gasteiger partial charge in [0.1, 0.15) is 5.75 Å². The van der Waals surface area contributed by atoms with E-state index in [4.69, 9.17) is 9.94 Å². The molecule has 2 amide bonds. The van der Waals surface area contributed by atoms with Crippen molar-refractivity contribution in [3.63, 3.8) is 0 Å². The van der Waals surface area contributed by atoms with Gasteiger partial charge >= 0.3 is 0 Å². The second-order valence-corrected chi connectivity index (χ2v) is 8.80. The third-order valence-corrected chi connectivity index (χ3v) is 5.76. The second-order valence-electron chi connectivity index (χ2n) is 8.80. The van der Waals surface area contributed by atoms with Crippen LogP contribution in [0.1, 0.15) is 37.7 Å². The second kappa shape index (κ2) is 14.3. The van der Waals surface area contributed by atoms with Crippen LogP contribution < -0.4 is 25.8 Å². The van der Waals surface area contributed by atoms with Crippen LogP contribution in [0.2, 0.25) is 0 Å². The van der Waals surface area contributed by atoms with E-state index in [-0.39, 0.29) is 11.8 Å². The monoisotopic (exact) mass is 518 g/mol. The number of hydrogen-bond acceptors (Lipinski definition) is 8. The zero-order valence-corrected chi connectivity index (χ0v) is 21.7. The minimum absolute atomic E-state index is 0.300. The number of unbranched alkanes of at least 4 members (excludes halogenated alkanes) is 3. The summed E-state index contributed by atoms with van der Waals surface area (Å²) in [6, 6.07) is 15.0. The van der Waals surface area contributed by atoms with E-state index < -0.39 is 0 Å². The first kappa shape index (κ1) is 28.1. The summed E-state index contributed by atoms with van der Waals surface area (Å²) >= 11 is 0. The summed E-state index contributed by atoms with van der Waals surface area (Å²) in [4.78, 5) is 33.7. The number of aryl methyl sites for hydroxylation is 1. The predicted molar refractivity (Wildman–Crippen MR) is 148 cm³/mol. The van der Waals surface area contributed by atoms with E-state index in [9.17, 15) is 9.59 Å². The Morgan fingerprint density at radius 2 is 1.84 bits per heavy atom. The van der Waals surface area contributed by atoms with E-state index in [1.54, 1.807) is 35.9 Å². The zero-order chi connectivity index (χ0) is 27.3. The van der Waals surface area contributed by atoms with Crippen LogP contribution in [0.3, 0.4) is 0 Å². The van der Waals surface area contributed by atoms with Gasteiger partial charge in [-0.2, -0.15) is 4.98 Å². The highest BCUT2D eigenvalue weighted by Gasteiger charge is 2.09. The molecule has 0 aliphatic rings. The van der Waals surface area contributed by atoms with Gasteiger partial charge in [0.15, 0.2) is 0 Å². The molecule has 3 rings (SSSR count). The fourth-order valence-corrected chi connectivity index (χ4v) is 3.63. The van der Waals surface area contributed by atoms with Crippen molar-refractivity contribution in [2.24, 2.45) is 0 Å². The van der Waals surface area contributed by atoms with Crippen LogP contribution in [0.15, 0.2) is 67.4 Å². The molecule has 0 unspecified atom stereocenters. The van der Waals surface area contributed by atoms with E-state index >= 15 is 0 Å². The number of anilines is 4. The summed E-state index contributed by atoms with van der Waals surface area (Å²) in [7, 11) is 2.05. The molecule has 10 heteroatoms. The molecule has 0 saturated carbocycles. The standard InChI is InChI=1S/C28H34N6O4/c1-4-25(35)30-22-10-9-11-24(18-22)38-27-20(2)19-29-28(32-27)31-21-13-15-23(16-14-21)34(3)17-8-6-5-7-12-26(36)33-37/h4,9-11,13-16,18-19,37H,1,5-8,12,17H2,2-3H3,(H,30,35)(H,33,36)(H,29,31,32). The van der Waals surface area contributed by atoms with Crippen LogP contribution in [0, 0.1) is 6.92 Å². The van der Waals surface area contributed by atoms with Crippen LogP contribution in [0.4, 0.5) is 23.0 Å². The molecule has 1 aromatic heterocycles. The van der Waals surface area contributed by atoms with Crippen molar-refractivity contribution in [3.05, 3.63) is 72.9 Å². The average Bonchev–Trinajstić information content (AvgIpc) is 2.92. The summed E-state index contributed by atoms with van der Waals surface area (Å²) in [5, 5.41) is 14.4. The maximum Gasteiger partial charge on any atom is 0.247 e. The Labute approximate surface area is 222 Å². The molecule has 0 aliphatic carbocycles. The number of hydroxylamine groups is 1. The Bertz CT molecular complexity index is 1230. The Balaban J connectivity index is 1.54. The molecule has 0 bridgehead atoms. The maximum absolute atomic E-state index is 11.6. The summed E-state index contributed by atoms with van der Waals surface area (Å²) in [5.41, 5.74) is 4.95. The molecule has 200 valence electrons. The average molecular weight is 519 g/mol. The topological polar surface area (TPSA) is 129 Å². The summed E-state index contributed by atoms with van der Waals surface area (Å²) in [5.74, 6) is 0.700. The Kier molecular flexibility index (Phi) is 10.6. The van der Waals surface area contributed by atoms with Crippen molar-refractivity contribution >= 4 is 34.8 Å². The van der Waals surface area contributed by atoms with Gasteiger partial charge in [0, 0.05) is 54.9 Å². The maximum atomic E-state index is 11.6. The van der Waals surface area contributed by atoms with Crippen LogP contribution in [0.5, 0.6) is 11.6 Å². The first-order valence-corrected chi connectivity index (χ1v) is 12.4. The summed E-state index contributed by atoms with van der Waals surface area (Å²) in [6.45, 7) is 6.22. The minimum atomic E-state index is -0.336. The zero-order valence-electron chi connectivity index (χ0n) is 21.7. The SMILES string of the molecule is C=CC(=O)Nc1cccc(Oc2nc(Nc3ccc(N(C)CCCCCCC(=O)NO)cc3)ncc2C)c1. The van der Waals surface area contributed by atoms with Gasteiger partial charge in [-0.25, -0.2) is 10.5 Å². The number of carbonyl (C=O) groups is 2. The molecule has 0 fully saturated rings. The molecule has 0 radical (unpaired) electrons. The van der Waals surface area contributed by atoms with Crippen molar-refractivity contribution in [3.8, 4) is 11.6 Å². The highest BCUT2D eigenvalue weighted by molar-refractivity contribution is 5.98. The molecule has 0 spiro atoms.